The van der Waals surface area contributed by atoms with E-state index in [9.17, 15) is 10.2 Å². The minimum atomic E-state index is -0.312. The Hall–Kier alpha value is -5.32. The molecule has 0 saturated carbocycles. The van der Waals surface area contributed by atoms with Crippen molar-refractivity contribution in [3.63, 3.8) is 0 Å². The van der Waals surface area contributed by atoms with E-state index < -0.39 is 0 Å². The Bertz CT molecular complexity index is 3440. The number of hydrogen-bond acceptors (Lipinski definition) is 7. The van der Waals surface area contributed by atoms with Crippen LogP contribution in [-0.4, -0.2) is 58.2 Å². The molecule has 1 aromatic heterocycles. The summed E-state index contributed by atoms with van der Waals surface area (Å²) in [5.41, 5.74) is 16.0. The fourth-order valence-electron chi connectivity index (χ4n) is 14.5. The van der Waals surface area contributed by atoms with E-state index in [1.54, 1.807) is 0 Å². The van der Waals surface area contributed by atoms with E-state index >= 15 is 0 Å². The van der Waals surface area contributed by atoms with Crippen LogP contribution in [0.1, 0.15) is 349 Å². The predicted octanol–water partition coefficient (Wildman–Crippen LogP) is 23.8. The predicted molar refractivity (Wildman–Crippen MR) is 407 cm³/mol. The SMILES string of the molecule is CCCCCCc1ccc(CCCCCC)c2c1C(=N)N=C2N=C1[N-]C(=NC2=N/C(=N\c3[nH]cc4c(CCCCCC)ccc(CCCCCC)c34)c3c(CCCCCC)ccc(CCCCCC)c32)c2c(CCCCCC)cc(C(=O)OCSC)c(CCCCCC)c21.[Zn]. The quantitative estimate of drug-likeness (QED) is 0.0174. The van der Waals surface area contributed by atoms with Gasteiger partial charge in [0.15, 0.2) is 11.7 Å². The van der Waals surface area contributed by atoms with E-state index in [2.05, 4.69) is 109 Å². The Morgan fingerprint density at radius 1 is 0.453 bits per heavy atom. The Kier molecular flexibility index (Phi) is 33.9. The van der Waals surface area contributed by atoms with Crippen molar-refractivity contribution in [3.8, 4) is 0 Å². The maximum Gasteiger partial charge on any atom is 0.339 e. The van der Waals surface area contributed by atoms with Crippen molar-refractivity contribution >= 4 is 69.3 Å². The van der Waals surface area contributed by atoms with Crippen LogP contribution in [0.2, 0.25) is 0 Å². The molecule has 8 rings (SSSR count). The Labute approximate surface area is 591 Å². The summed E-state index contributed by atoms with van der Waals surface area (Å²) in [6.07, 6.45) is 47.7. The molecule has 10 nitrogen and oxygen atoms in total. The summed E-state index contributed by atoms with van der Waals surface area (Å²) in [4.78, 5) is 47.1. The van der Waals surface area contributed by atoms with E-state index in [-0.39, 0.29) is 37.2 Å². The van der Waals surface area contributed by atoms with Crippen LogP contribution in [-0.2, 0) is 75.6 Å². The zero-order chi connectivity index (χ0) is 66.4. The number of aromatic amines is 1. The number of thioether (sulfide) groups is 1. The standard InChI is InChI=1S/C83H120N8O2S.Zn/c1-10-18-26-34-42-59-50-51-60(43-35-27-19-11-2)69-68(59)57-85-77(69)87-79-72-63(46-38-30-22-14-5)54-55-64(47-39-31-23-15-6)73(72)80(89-79)90-81-74-65(48-40-32-24-16-7)56-67(83(92)93-58-94-9)66(49-41-33-25-17-8)75(74)82(91-81)88-78-71-62(45-37-29-21-13-4)53-52-61(44-36-28-20-12-3)70(71)76(84)86-78;/h50-57H,10-49,58H2,1-9H3,(H3,84,85,86,87,88,89,90,91,92);/p-1. The second-order valence-corrected chi connectivity index (χ2v) is 28.2. The molecule has 12 heteroatoms. The van der Waals surface area contributed by atoms with Gasteiger partial charge in [-0.25, -0.2) is 19.8 Å². The molecule has 4 aromatic carbocycles. The van der Waals surface area contributed by atoms with E-state index in [0.717, 1.165) is 204 Å². The van der Waals surface area contributed by atoms with Gasteiger partial charge in [-0.15, -0.1) is 11.8 Å². The Balaban J connectivity index is 0.0000128. The van der Waals surface area contributed by atoms with E-state index in [1.807, 2.05) is 6.26 Å². The third kappa shape index (κ3) is 20.9. The molecule has 5 aromatic rings. The molecule has 2 N–H and O–H groups in total. The number of rotatable bonds is 44. The van der Waals surface area contributed by atoms with Gasteiger partial charge in [0.25, 0.3) is 0 Å². The van der Waals surface area contributed by atoms with Crippen molar-refractivity contribution in [2.24, 2.45) is 25.0 Å². The van der Waals surface area contributed by atoms with Gasteiger partial charge in [-0.2, -0.15) is 0 Å². The number of H-pyrrole nitrogens is 1. The molecule has 0 fully saturated rings. The molecule has 0 amide bonds. The minimum Gasteiger partial charge on any atom is -0.451 e. The fraction of sp³-hybridized carbons (Fsp3) is 0.602. The van der Waals surface area contributed by atoms with Gasteiger partial charge in [-0.1, -0.05) is 246 Å². The van der Waals surface area contributed by atoms with Crippen molar-refractivity contribution in [3.05, 3.63) is 137 Å². The molecule has 95 heavy (non-hydrogen) atoms. The number of unbranched alkanes of at least 4 members (excludes halogenated alkanes) is 24. The van der Waals surface area contributed by atoms with Gasteiger partial charge in [-0.3, -0.25) is 5.41 Å². The van der Waals surface area contributed by atoms with Crippen LogP contribution in [0.4, 0.5) is 5.82 Å². The van der Waals surface area contributed by atoms with Crippen LogP contribution < -0.4 is 0 Å². The van der Waals surface area contributed by atoms with Gasteiger partial charge in [0.1, 0.15) is 11.8 Å². The van der Waals surface area contributed by atoms with Gasteiger partial charge in [0.2, 0.25) is 0 Å². The number of amidine groups is 6. The molecule has 0 unspecified atom stereocenters. The van der Waals surface area contributed by atoms with Crippen LogP contribution in [0, 0.1) is 5.41 Å². The zero-order valence-corrected chi connectivity index (χ0v) is 64.5. The molecule has 0 atom stereocenters. The topological polar surface area (TPSA) is 142 Å². The van der Waals surface area contributed by atoms with Gasteiger partial charge in [0, 0.05) is 70.4 Å². The third-order valence-electron chi connectivity index (χ3n) is 19.8. The van der Waals surface area contributed by atoms with Crippen LogP contribution in [0.15, 0.2) is 73.6 Å². The number of esters is 1. The van der Waals surface area contributed by atoms with Crippen LogP contribution >= 0.6 is 11.8 Å². The van der Waals surface area contributed by atoms with Crippen LogP contribution in [0.25, 0.3) is 16.1 Å². The second-order valence-electron chi connectivity index (χ2n) is 27.4. The smallest absolute Gasteiger partial charge is 0.339 e. The molecule has 0 aliphatic carbocycles. The maximum absolute atomic E-state index is 14.9. The molecular weight excluding hydrogens is 1240 g/mol. The number of hydrogen-bond donors (Lipinski definition) is 2. The van der Waals surface area contributed by atoms with Gasteiger partial charge >= 0.3 is 5.97 Å². The summed E-state index contributed by atoms with van der Waals surface area (Å²) in [6.45, 7) is 18.2. The number of aliphatic imine (C=N–C) groups is 5. The number of ether oxygens (including phenoxy) is 1. The Morgan fingerprint density at radius 2 is 0.842 bits per heavy atom. The molecule has 0 radical (unpaired) electrons. The summed E-state index contributed by atoms with van der Waals surface area (Å²) < 4.78 is 6.14. The zero-order valence-electron chi connectivity index (χ0n) is 60.7. The number of fused-ring (bicyclic) bond motifs is 4. The molecule has 0 spiro atoms. The molecular formula is C83H119N8O2SZn-. The Morgan fingerprint density at radius 3 is 1.33 bits per heavy atom. The monoisotopic (exact) mass is 1360 g/mol. The number of aryl methyl sites for hydroxylation is 7. The second kappa shape index (κ2) is 41.8. The number of carbonyl (C=O) groups excluding carboxylic acids is 1. The average molecular weight is 1360 g/mol. The minimum absolute atomic E-state index is 0. The first kappa shape index (κ1) is 77.0. The molecule has 0 bridgehead atoms. The maximum atomic E-state index is 14.9. The molecule has 3 aliphatic rings. The number of aromatic nitrogens is 1. The first-order chi connectivity index (χ1) is 46.2. The average Bonchev–Trinajstić information content (AvgIpc) is 1.61. The molecule has 4 heterocycles. The number of benzene rings is 4. The summed E-state index contributed by atoms with van der Waals surface area (Å²) in [7, 11) is 0. The van der Waals surface area contributed by atoms with Crippen molar-refractivity contribution in [2.45, 2.75) is 312 Å². The first-order valence-electron chi connectivity index (χ1n) is 38.2. The third-order valence-corrected chi connectivity index (χ3v) is 20.2. The van der Waals surface area contributed by atoms with Crippen molar-refractivity contribution < 1.29 is 29.0 Å². The number of carbonyl (C=O) groups is 1. The molecule has 512 valence electrons. The van der Waals surface area contributed by atoms with Gasteiger partial charge in [0.05, 0.1) is 17.2 Å². The number of nitrogens with zero attached hydrogens (tertiary/aromatic N) is 6. The van der Waals surface area contributed by atoms with E-state index in [1.165, 1.54) is 152 Å². The van der Waals surface area contributed by atoms with Gasteiger partial charge < -0.3 is 25.0 Å². The first-order valence-corrected chi connectivity index (χ1v) is 39.6. The van der Waals surface area contributed by atoms with Crippen molar-refractivity contribution in [2.75, 3.05) is 12.2 Å². The molecule has 3 aliphatic heterocycles. The summed E-state index contributed by atoms with van der Waals surface area (Å²) >= 11 is 1.51. The van der Waals surface area contributed by atoms with Crippen LogP contribution in [0.3, 0.4) is 0 Å². The molecule has 0 saturated heterocycles. The largest absolute Gasteiger partial charge is 0.451 e. The van der Waals surface area contributed by atoms with Crippen LogP contribution in [0.5, 0.6) is 0 Å². The number of nitrogens with one attached hydrogen (secondary N) is 2. The van der Waals surface area contributed by atoms with E-state index in [4.69, 9.17) is 35.0 Å². The van der Waals surface area contributed by atoms with Crippen molar-refractivity contribution in [1.29, 1.82) is 5.41 Å². The summed E-state index contributed by atoms with van der Waals surface area (Å²) in [6, 6.07) is 16.3. The fourth-order valence-corrected chi connectivity index (χ4v) is 14.7. The van der Waals surface area contributed by atoms with Gasteiger partial charge in [-0.05, 0) is 171 Å². The summed E-state index contributed by atoms with van der Waals surface area (Å²) in [5.74, 6) is 4.07. The normalized spacial score (nSPS) is 14.5. The summed E-state index contributed by atoms with van der Waals surface area (Å²) in [5, 5.41) is 18.0. The van der Waals surface area contributed by atoms with Crippen molar-refractivity contribution in [1.82, 2.24) is 4.98 Å². The van der Waals surface area contributed by atoms with E-state index in [0.29, 0.717) is 41.2 Å².